The number of nitrogens with one attached hydrogen (secondary N) is 1. The number of aryl methyl sites for hydroxylation is 1. The highest BCUT2D eigenvalue weighted by Crippen LogP contribution is 2.28. The molecule has 0 aliphatic carbocycles. The Morgan fingerprint density at radius 1 is 1.23 bits per heavy atom. The van der Waals surface area contributed by atoms with Crippen LogP contribution in [-0.4, -0.2) is 50.7 Å². The lowest BCUT2D eigenvalue weighted by molar-refractivity contribution is -0.134. The predicted octanol–water partition coefficient (Wildman–Crippen LogP) is 1.55. The second-order valence-electron chi connectivity index (χ2n) is 7.41. The van der Waals surface area contributed by atoms with E-state index >= 15 is 0 Å². The Balaban J connectivity index is 1.72. The van der Waals surface area contributed by atoms with Crippen molar-refractivity contribution in [3.05, 3.63) is 11.6 Å². The number of rotatable bonds is 5. The first-order valence-electron chi connectivity index (χ1n) is 9.87. The number of urea groups is 1. The van der Waals surface area contributed by atoms with Crippen molar-refractivity contribution in [1.29, 1.82) is 0 Å². The third kappa shape index (κ3) is 4.16. The Morgan fingerprint density at radius 2 is 2.08 bits per heavy atom. The molecule has 2 aliphatic heterocycles. The number of aromatic nitrogens is 3. The first kappa shape index (κ1) is 18.7. The van der Waals surface area contributed by atoms with Gasteiger partial charge in [-0.15, -0.1) is 10.2 Å². The minimum atomic E-state index is -0.645. The zero-order valence-electron chi connectivity index (χ0n) is 15.6. The summed E-state index contributed by atoms with van der Waals surface area (Å²) in [6, 6.07) is -1.18. The molecule has 2 aliphatic rings. The van der Waals surface area contributed by atoms with Gasteiger partial charge in [-0.3, -0.25) is 4.79 Å². The molecule has 0 spiro atoms. The maximum atomic E-state index is 12.9. The van der Waals surface area contributed by atoms with E-state index in [4.69, 9.17) is 5.73 Å². The van der Waals surface area contributed by atoms with E-state index in [2.05, 4.69) is 20.1 Å². The van der Waals surface area contributed by atoms with Gasteiger partial charge in [0.1, 0.15) is 17.7 Å². The Labute approximate surface area is 154 Å². The third-order valence-corrected chi connectivity index (χ3v) is 5.43. The Morgan fingerprint density at radius 3 is 2.85 bits per heavy atom. The van der Waals surface area contributed by atoms with E-state index in [9.17, 15) is 9.59 Å². The maximum absolute atomic E-state index is 12.9. The van der Waals surface area contributed by atoms with Gasteiger partial charge in [-0.1, -0.05) is 19.8 Å². The SMILES string of the molecule is CCC[C@@H](NC(N)=O)C(=O)N1CCCC(c2nnc3n2CCCCC3)C1. The highest BCUT2D eigenvalue weighted by molar-refractivity contribution is 5.86. The van der Waals surface area contributed by atoms with Crippen molar-refractivity contribution in [1.82, 2.24) is 25.0 Å². The quantitative estimate of drug-likeness (QED) is 0.829. The molecule has 0 radical (unpaired) electrons. The summed E-state index contributed by atoms with van der Waals surface area (Å²) >= 11 is 0. The fourth-order valence-electron chi connectivity index (χ4n) is 4.14. The summed E-state index contributed by atoms with van der Waals surface area (Å²) in [5, 5.41) is 11.5. The van der Waals surface area contributed by atoms with E-state index < -0.39 is 12.1 Å². The Bertz CT molecular complexity index is 644. The average molecular weight is 362 g/mol. The van der Waals surface area contributed by atoms with Crippen molar-refractivity contribution >= 4 is 11.9 Å². The number of nitrogens with zero attached hydrogens (tertiary/aromatic N) is 4. The number of primary amides is 1. The number of nitrogens with two attached hydrogens (primary N) is 1. The summed E-state index contributed by atoms with van der Waals surface area (Å²) in [7, 11) is 0. The third-order valence-electron chi connectivity index (χ3n) is 5.43. The van der Waals surface area contributed by atoms with E-state index in [1.165, 1.54) is 12.8 Å². The molecule has 1 saturated heterocycles. The molecule has 1 fully saturated rings. The monoisotopic (exact) mass is 362 g/mol. The van der Waals surface area contributed by atoms with E-state index in [-0.39, 0.29) is 11.8 Å². The predicted molar refractivity (Wildman–Crippen MR) is 97.5 cm³/mol. The minimum Gasteiger partial charge on any atom is -0.352 e. The van der Waals surface area contributed by atoms with Crippen LogP contribution in [0.25, 0.3) is 0 Å². The topological polar surface area (TPSA) is 106 Å². The molecule has 0 bridgehead atoms. The molecular formula is C18H30N6O2. The molecule has 3 rings (SSSR count). The first-order chi connectivity index (χ1) is 12.6. The molecule has 26 heavy (non-hydrogen) atoms. The average Bonchev–Trinajstić information content (AvgIpc) is 2.89. The van der Waals surface area contributed by atoms with Gasteiger partial charge < -0.3 is 20.5 Å². The zero-order valence-corrected chi connectivity index (χ0v) is 15.6. The summed E-state index contributed by atoms with van der Waals surface area (Å²) in [5.41, 5.74) is 5.24. The van der Waals surface area contributed by atoms with Gasteiger partial charge in [0.25, 0.3) is 0 Å². The van der Waals surface area contributed by atoms with Crippen molar-refractivity contribution in [3.63, 3.8) is 0 Å². The summed E-state index contributed by atoms with van der Waals surface area (Å²) in [5.74, 6) is 2.28. The molecule has 1 aromatic rings. The number of amides is 3. The number of piperidine rings is 1. The van der Waals surface area contributed by atoms with E-state index in [1.54, 1.807) is 0 Å². The van der Waals surface area contributed by atoms with Crippen LogP contribution in [0.3, 0.4) is 0 Å². The van der Waals surface area contributed by atoms with Gasteiger partial charge in [0, 0.05) is 32.0 Å². The lowest BCUT2D eigenvalue weighted by Crippen LogP contribution is -2.52. The van der Waals surface area contributed by atoms with Gasteiger partial charge in [-0.25, -0.2) is 4.79 Å². The largest absolute Gasteiger partial charge is 0.352 e. The van der Waals surface area contributed by atoms with Crippen LogP contribution in [0.2, 0.25) is 0 Å². The molecule has 2 atom stereocenters. The molecule has 8 nitrogen and oxygen atoms in total. The highest BCUT2D eigenvalue weighted by atomic mass is 16.2. The van der Waals surface area contributed by atoms with Crippen molar-refractivity contribution < 1.29 is 9.59 Å². The van der Waals surface area contributed by atoms with E-state index in [1.807, 2.05) is 11.8 Å². The smallest absolute Gasteiger partial charge is 0.312 e. The fourth-order valence-corrected chi connectivity index (χ4v) is 4.14. The van der Waals surface area contributed by atoms with Gasteiger partial charge in [-0.05, 0) is 32.1 Å². The van der Waals surface area contributed by atoms with Crippen LogP contribution < -0.4 is 11.1 Å². The number of carbonyl (C=O) groups excluding carboxylic acids is 2. The molecule has 144 valence electrons. The first-order valence-corrected chi connectivity index (χ1v) is 9.87. The summed E-state index contributed by atoms with van der Waals surface area (Å²) < 4.78 is 2.27. The van der Waals surface area contributed by atoms with Gasteiger partial charge >= 0.3 is 6.03 Å². The van der Waals surface area contributed by atoms with Crippen molar-refractivity contribution in [3.8, 4) is 0 Å². The van der Waals surface area contributed by atoms with Crippen LogP contribution in [0.15, 0.2) is 0 Å². The second kappa shape index (κ2) is 8.51. The minimum absolute atomic E-state index is 0.0362. The van der Waals surface area contributed by atoms with Crippen LogP contribution in [0.1, 0.15) is 69.4 Å². The number of hydrogen-bond acceptors (Lipinski definition) is 4. The molecule has 8 heteroatoms. The van der Waals surface area contributed by atoms with Crippen LogP contribution in [0.4, 0.5) is 4.79 Å². The second-order valence-corrected chi connectivity index (χ2v) is 7.41. The molecule has 3 heterocycles. The van der Waals surface area contributed by atoms with Crippen LogP contribution in [0.5, 0.6) is 0 Å². The zero-order chi connectivity index (χ0) is 18.5. The molecule has 1 aromatic heterocycles. The molecule has 0 saturated carbocycles. The van der Waals surface area contributed by atoms with Crippen molar-refractivity contribution in [2.75, 3.05) is 13.1 Å². The van der Waals surface area contributed by atoms with Gasteiger partial charge in [0.05, 0.1) is 0 Å². The standard InChI is InChI=1S/C18H30N6O2/c1-2-7-14(20-18(19)26)17(25)23-10-6-8-13(12-23)16-22-21-15-9-4-3-5-11-24(15)16/h13-14H,2-12H2,1H3,(H3,19,20,26)/t13?,14-/m1/s1. The maximum Gasteiger partial charge on any atom is 0.312 e. The van der Waals surface area contributed by atoms with Gasteiger partial charge in [-0.2, -0.15) is 0 Å². The Kier molecular flexibility index (Phi) is 6.11. The van der Waals surface area contributed by atoms with Crippen LogP contribution in [0, 0.1) is 0 Å². The lowest BCUT2D eigenvalue weighted by Gasteiger charge is -2.34. The summed E-state index contributed by atoms with van der Waals surface area (Å²) in [6.07, 6.45) is 7.92. The van der Waals surface area contributed by atoms with Crippen molar-refractivity contribution in [2.45, 2.75) is 76.8 Å². The van der Waals surface area contributed by atoms with Gasteiger partial charge in [0.15, 0.2) is 0 Å². The molecule has 3 amide bonds. The van der Waals surface area contributed by atoms with Crippen LogP contribution in [-0.2, 0) is 17.8 Å². The number of likely N-dealkylation sites (tertiary alicyclic amines) is 1. The number of fused-ring (bicyclic) bond motifs is 1. The molecular weight excluding hydrogens is 332 g/mol. The lowest BCUT2D eigenvalue weighted by atomic mass is 9.96. The van der Waals surface area contributed by atoms with Crippen LogP contribution >= 0.6 is 0 Å². The number of hydrogen-bond donors (Lipinski definition) is 2. The summed E-state index contributed by atoms with van der Waals surface area (Å²) in [4.78, 5) is 26.0. The van der Waals surface area contributed by atoms with E-state index in [0.29, 0.717) is 13.0 Å². The Hall–Kier alpha value is -2.12. The van der Waals surface area contributed by atoms with Crippen molar-refractivity contribution in [2.24, 2.45) is 5.73 Å². The summed E-state index contributed by atoms with van der Waals surface area (Å²) in [6.45, 7) is 4.33. The molecule has 3 N–H and O–H groups in total. The fraction of sp³-hybridized carbons (Fsp3) is 0.778. The normalized spacial score (nSPS) is 21.6. The molecule has 0 aromatic carbocycles. The van der Waals surface area contributed by atoms with Gasteiger partial charge in [0.2, 0.25) is 5.91 Å². The number of carbonyl (C=O) groups is 2. The molecule has 1 unspecified atom stereocenters. The highest BCUT2D eigenvalue weighted by Gasteiger charge is 2.32. The van der Waals surface area contributed by atoms with E-state index in [0.717, 1.165) is 56.8 Å².